The maximum atomic E-state index is 14.5. The summed E-state index contributed by atoms with van der Waals surface area (Å²) < 4.78 is 27.7. The van der Waals surface area contributed by atoms with Gasteiger partial charge in [-0.2, -0.15) is 0 Å². The highest BCUT2D eigenvalue weighted by Crippen LogP contribution is 2.27. The van der Waals surface area contributed by atoms with E-state index >= 15 is 0 Å². The minimum absolute atomic E-state index is 0.0447. The Hall–Kier alpha value is -8.08. The number of rotatable bonds is 45. The van der Waals surface area contributed by atoms with E-state index in [4.69, 9.17) is 29.4 Å². The van der Waals surface area contributed by atoms with Gasteiger partial charge in [-0.3, -0.25) is 43.2 Å². The zero-order valence-corrected chi connectivity index (χ0v) is 60.9. The van der Waals surface area contributed by atoms with Crippen LogP contribution in [-0.4, -0.2) is 127 Å². The molecule has 0 aromatic heterocycles. The summed E-state index contributed by atoms with van der Waals surface area (Å²) in [6.07, 6.45) is 8.30. The van der Waals surface area contributed by atoms with Gasteiger partial charge in [0.05, 0.1) is 39.1 Å². The van der Waals surface area contributed by atoms with Crippen LogP contribution in [0.1, 0.15) is 222 Å². The quantitative estimate of drug-likeness (QED) is 0.0148. The third-order valence-corrected chi connectivity index (χ3v) is 16.2. The fourth-order valence-corrected chi connectivity index (χ4v) is 10.9. The fraction of sp³-hybridized carbons (Fsp3) is 0.627. The molecule has 3 aromatic rings. The number of carbonyl (C=O) groups excluding carboxylic acids is 10. The summed E-state index contributed by atoms with van der Waals surface area (Å²) in [4.78, 5) is 140. The molecule has 0 saturated carbocycles. The standard InChI is InChI=1S/C75H116N8O15/c1-16-17-18-19-20-21-22-23-27-30-57(44-64(85)96-46-52-28-25-24-26-29-52)97-74(93)51(10)77-69(88)59(41-47(2)3)79-71(90)62(45-65(86)98-75(11,12)13)81-73(92)66(50(8)9)83-72(91)61(43-49(6)7)80-70(89)60(42-48(4)5)78-68(87)58(76)39-40-63(84)82-67(53-31-35-55(94-14)36-32-53)54-33-37-56(95-15)38-34-54/h24-26,28-29,31-38,47-51,57-62,66-67H,16-23,27,30,39-46,76H2,1-15H3,(H,77,88)(H,78,87)(H,79,90)(H,80,89)(H,81,92)(H,82,84)(H,83,91)/t51-,57?,58-,59+,60-,61+,62-,66-/m0/s1. The van der Waals surface area contributed by atoms with Crippen molar-refractivity contribution in [2.45, 2.75) is 266 Å². The summed E-state index contributed by atoms with van der Waals surface area (Å²) in [7, 11) is 3.12. The van der Waals surface area contributed by atoms with Gasteiger partial charge < -0.3 is 66.6 Å². The molecule has 8 atom stereocenters. The molecule has 0 saturated heterocycles. The first-order valence-corrected chi connectivity index (χ1v) is 35.1. The van der Waals surface area contributed by atoms with Crippen LogP contribution in [0.5, 0.6) is 11.5 Å². The van der Waals surface area contributed by atoms with E-state index in [2.05, 4.69) is 44.1 Å². The third kappa shape index (κ3) is 33.0. The van der Waals surface area contributed by atoms with Gasteiger partial charge in [-0.05, 0) is 131 Å². The van der Waals surface area contributed by atoms with Crippen molar-refractivity contribution in [1.29, 1.82) is 0 Å². The number of methoxy groups -OCH3 is 2. The van der Waals surface area contributed by atoms with Crippen LogP contribution in [0, 0.1) is 23.7 Å². The Bertz CT molecular complexity index is 2910. The van der Waals surface area contributed by atoms with Crippen LogP contribution in [-0.2, 0) is 68.8 Å². The molecule has 0 aliphatic heterocycles. The van der Waals surface area contributed by atoms with E-state index in [1.54, 1.807) is 73.1 Å². The lowest BCUT2D eigenvalue weighted by atomic mass is 9.97. The predicted octanol–water partition coefficient (Wildman–Crippen LogP) is 9.44. The Morgan fingerprint density at radius 1 is 0.480 bits per heavy atom. The molecule has 1 unspecified atom stereocenters. The molecule has 0 fully saturated rings. The number of benzene rings is 3. The van der Waals surface area contributed by atoms with Crippen LogP contribution in [0.3, 0.4) is 0 Å². The lowest BCUT2D eigenvalue weighted by Crippen LogP contribution is -2.61. The summed E-state index contributed by atoms with van der Waals surface area (Å²) in [6.45, 7) is 22.8. The van der Waals surface area contributed by atoms with Crippen molar-refractivity contribution in [2.75, 3.05) is 14.2 Å². The summed E-state index contributed by atoms with van der Waals surface area (Å²) in [5.74, 6) is -7.22. The molecule has 98 heavy (non-hydrogen) atoms. The third-order valence-electron chi connectivity index (χ3n) is 16.2. The monoisotopic (exact) mass is 1370 g/mol. The first kappa shape index (κ1) is 84.1. The van der Waals surface area contributed by atoms with E-state index < -0.39 is 126 Å². The molecule has 3 rings (SSSR count). The smallest absolute Gasteiger partial charge is 0.328 e. The topological polar surface area (TPSA) is 327 Å². The maximum Gasteiger partial charge on any atom is 0.328 e. The second kappa shape index (κ2) is 44.0. The highest BCUT2D eigenvalue weighted by atomic mass is 16.6. The van der Waals surface area contributed by atoms with E-state index in [0.29, 0.717) is 24.3 Å². The largest absolute Gasteiger partial charge is 0.497 e. The molecule has 9 N–H and O–H groups in total. The number of nitrogens with one attached hydrogen (secondary N) is 7. The van der Waals surface area contributed by atoms with Gasteiger partial charge in [0.25, 0.3) is 0 Å². The molecule has 23 nitrogen and oxygen atoms in total. The van der Waals surface area contributed by atoms with Crippen molar-refractivity contribution in [1.82, 2.24) is 37.2 Å². The minimum Gasteiger partial charge on any atom is -0.497 e. The zero-order valence-electron chi connectivity index (χ0n) is 60.9. The Kier molecular flexibility index (Phi) is 37.8. The number of hydrogen-bond donors (Lipinski definition) is 8. The molecule has 0 aliphatic rings. The fourth-order valence-electron chi connectivity index (χ4n) is 10.9. The molecule has 3 aromatic carbocycles. The molecule has 23 heteroatoms. The number of carbonyl (C=O) groups is 10. The average molecular weight is 1370 g/mol. The Balaban J connectivity index is 1.79. The van der Waals surface area contributed by atoms with E-state index in [1.165, 1.54) is 32.6 Å². The number of unbranched alkanes of at least 4 members (excludes halogenated alkanes) is 8. The second-order valence-corrected chi connectivity index (χ2v) is 28.1. The highest BCUT2D eigenvalue weighted by molar-refractivity contribution is 5.98. The number of amides is 7. The number of ether oxygens (including phenoxy) is 5. The van der Waals surface area contributed by atoms with Crippen LogP contribution in [0.2, 0.25) is 0 Å². The van der Waals surface area contributed by atoms with Gasteiger partial charge >= 0.3 is 17.9 Å². The molecule has 546 valence electrons. The molecular weight excluding hydrogens is 1250 g/mol. The van der Waals surface area contributed by atoms with Crippen molar-refractivity contribution >= 4 is 59.3 Å². The van der Waals surface area contributed by atoms with Crippen LogP contribution >= 0.6 is 0 Å². The molecule has 7 amide bonds. The molecule has 0 spiro atoms. The van der Waals surface area contributed by atoms with Crippen LogP contribution in [0.4, 0.5) is 0 Å². The summed E-state index contributed by atoms with van der Waals surface area (Å²) in [5.41, 5.74) is 7.75. The van der Waals surface area contributed by atoms with Gasteiger partial charge in [-0.1, -0.05) is 168 Å². The van der Waals surface area contributed by atoms with Gasteiger partial charge in [0.15, 0.2) is 0 Å². The van der Waals surface area contributed by atoms with Gasteiger partial charge in [0.2, 0.25) is 41.4 Å². The molecule has 0 radical (unpaired) electrons. The van der Waals surface area contributed by atoms with Gasteiger partial charge in [-0.15, -0.1) is 0 Å². The Labute approximate surface area is 582 Å². The molecular formula is C75H116N8O15. The first-order chi connectivity index (χ1) is 46.3. The Morgan fingerprint density at radius 2 is 0.929 bits per heavy atom. The molecule has 0 aliphatic carbocycles. The van der Waals surface area contributed by atoms with Crippen molar-refractivity contribution < 1.29 is 71.6 Å². The maximum absolute atomic E-state index is 14.5. The van der Waals surface area contributed by atoms with Crippen molar-refractivity contribution in [3.8, 4) is 11.5 Å². The van der Waals surface area contributed by atoms with Crippen molar-refractivity contribution in [2.24, 2.45) is 29.4 Å². The first-order valence-electron chi connectivity index (χ1n) is 35.1. The van der Waals surface area contributed by atoms with Crippen LogP contribution in [0.25, 0.3) is 0 Å². The molecule has 0 bridgehead atoms. The average Bonchev–Trinajstić information content (AvgIpc) is 0.841. The second-order valence-electron chi connectivity index (χ2n) is 28.1. The summed E-state index contributed by atoms with van der Waals surface area (Å²) >= 11 is 0. The van der Waals surface area contributed by atoms with Crippen LogP contribution in [0.15, 0.2) is 78.9 Å². The normalized spacial score (nSPS) is 14.0. The zero-order chi connectivity index (χ0) is 73.1. The lowest BCUT2D eigenvalue weighted by Gasteiger charge is -2.30. The SMILES string of the molecule is CCCCCCCCCCCC(CC(=O)OCc1ccccc1)OC(=O)[C@H](C)NC(=O)[C@@H](CC(C)C)NC(=O)[C@H](CC(=O)OC(C)(C)C)NC(=O)[C@@H](NC(=O)[C@@H](CC(C)C)NC(=O)[C@H](CC(C)C)NC(=O)[C@@H](N)CCC(=O)NC(c1ccc(OC)cc1)c1ccc(OC)cc1)C(C)C. The van der Waals surface area contributed by atoms with E-state index in [-0.39, 0.29) is 68.8 Å². The number of hydrogen-bond acceptors (Lipinski definition) is 16. The lowest BCUT2D eigenvalue weighted by molar-refractivity contribution is -0.159. The van der Waals surface area contributed by atoms with Gasteiger partial charge in [0.1, 0.15) is 66.1 Å². The van der Waals surface area contributed by atoms with E-state index in [1.807, 2.05) is 96.1 Å². The van der Waals surface area contributed by atoms with E-state index in [9.17, 15) is 47.9 Å². The van der Waals surface area contributed by atoms with Gasteiger partial charge in [-0.25, -0.2) is 4.79 Å². The minimum atomic E-state index is -1.66. The van der Waals surface area contributed by atoms with Gasteiger partial charge in [0, 0.05) is 6.42 Å². The van der Waals surface area contributed by atoms with Crippen LogP contribution < -0.4 is 52.4 Å². The highest BCUT2D eigenvalue weighted by Gasteiger charge is 2.37. The molecule has 0 heterocycles. The van der Waals surface area contributed by atoms with E-state index in [0.717, 1.165) is 42.4 Å². The summed E-state index contributed by atoms with van der Waals surface area (Å²) in [6, 6.07) is 13.9. The summed E-state index contributed by atoms with van der Waals surface area (Å²) in [5, 5.41) is 19.3. The number of esters is 3. The predicted molar refractivity (Wildman–Crippen MR) is 377 cm³/mol. The Morgan fingerprint density at radius 3 is 1.40 bits per heavy atom. The number of nitrogens with two attached hydrogens (primary N) is 1. The van der Waals surface area contributed by atoms with Crippen molar-refractivity contribution in [3.63, 3.8) is 0 Å². The van der Waals surface area contributed by atoms with Crippen molar-refractivity contribution in [3.05, 3.63) is 95.6 Å².